The second kappa shape index (κ2) is 3.67. The number of rotatable bonds is 2. The first kappa shape index (κ1) is 9.98. The smallest absolute Gasteiger partial charge is 0.261 e. The number of hydrogen-bond donors (Lipinski definition) is 1. The van der Waals surface area contributed by atoms with Crippen LogP contribution in [-0.2, 0) is 6.54 Å². The second-order valence-corrected chi connectivity index (χ2v) is 3.76. The fraction of sp³-hybridized carbons (Fsp3) is 0.182. The molecule has 0 amide bonds. The molecule has 3 heterocycles. The molecule has 0 saturated heterocycles. The Kier molecular flexibility index (Phi) is 2.15. The lowest BCUT2D eigenvalue weighted by atomic mass is 10.3. The molecule has 0 fully saturated rings. The van der Waals surface area contributed by atoms with Crippen molar-refractivity contribution in [2.75, 3.05) is 6.54 Å². The molecule has 6 heteroatoms. The highest BCUT2D eigenvalue weighted by Crippen LogP contribution is 2.09. The molecule has 0 radical (unpaired) electrons. The van der Waals surface area contributed by atoms with Crippen molar-refractivity contribution in [2.45, 2.75) is 6.54 Å². The van der Waals surface area contributed by atoms with Gasteiger partial charge in [0, 0.05) is 31.5 Å². The molecular weight excluding hydrogens is 218 g/mol. The van der Waals surface area contributed by atoms with Crippen LogP contribution < -0.4 is 11.3 Å². The molecule has 0 spiro atoms. The van der Waals surface area contributed by atoms with Gasteiger partial charge < -0.3 is 10.3 Å². The van der Waals surface area contributed by atoms with Crippen LogP contribution in [0.5, 0.6) is 0 Å². The molecule has 0 atom stereocenters. The van der Waals surface area contributed by atoms with Crippen molar-refractivity contribution >= 4 is 16.6 Å². The Hall–Kier alpha value is -2.21. The SMILES string of the molecule is NCCn1ccc2c(cnc3ccnn32)c1=O. The summed E-state index contributed by atoms with van der Waals surface area (Å²) in [5.41, 5.74) is 6.86. The van der Waals surface area contributed by atoms with E-state index in [1.165, 1.54) is 0 Å². The zero-order valence-electron chi connectivity index (χ0n) is 9.08. The van der Waals surface area contributed by atoms with Gasteiger partial charge in [0.2, 0.25) is 0 Å². The van der Waals surface area contributed by atoms with E-state index in [-0.39, 0.29) is 5.56 Å². The van der Waals surface area contributed by atoms with Gasteiger partial charge >= 0.3 is 0 Å². The summed E-state index contributed by atoms with van der Waals surface area (Å²) in [5.74, 6) is 0. The predicted molar refractivity (Wildman–Crippen MR) is 63.8 cm³/mol. The summed E-state index contributed by atoms with van der Waals surface area (Å²) in [4.78, 5) is 16.3. The van der Waals surface area contributed by atoms with Crippen LogP contribution in [-0.4, -0.2) is 25.7 Å². The molecule has 0 saturated carbocycles. The third-order valence-corrected chi connectivity index (χ3v) is 2.73. The maximum absolute atomic E-state index is 12.1. The standard InChI is InChI=1S/C11H11N5O/c12-3-6-15-5-2-9-8(11(15)17)7-13-10-1-4-14-16(9)10/h1-2,4-5,7H,3,6,12H2. The van der Waals surface area contributed by atoms with Gasteiger partial charge in [-0.05, 0) is 6.07 Å². The van der Waals surface area contributed by atoms with Crippen molar-refractivity contribution in [1.82, 2.24) is 19.2 Å². The van der Waals surface area contributed by atoms with E-state index in [4.69, 9.17) is 5.73 Å². The van der Waals surface area contributed by atoms with Gasteiger partial charge in [0.05, 0.1) is 17.1 Å². The van der Waals surface area contributed by atoms with Crippen molar-refractivity contribution in [3.8, 4) is 0 Å². The van der Waals surface area contributed by atoms with Gasteiger partial charge in [0.25, 0.3) is 5.56 Å². The molecule has 2 N–H and O–H groups in total. The van der Waals surface area contributed by atoms with Gasteiger partial charge in [-0.3, -0.25) is 4.79 Å². The molecule has 3 aromatic rings. The molecule has 0 aromatic carbocycles. The van der Waals surface area contributed by atoms with Crippen molar-refractivity contribution in [3.63, 3.8) is 0 Å². The molecule has 0 unspecified atom stereocenters. The molecule has 0 aliphatic carbocycles. The monoisotopic (exact) mass is 229 g/mol. The molecule has 0 aliphatic rings. The van der Waals surface area contributed by atoms with Crippen LogP contribution in [0.3, 0.4) is 0 Å². The summed E-state index contributed by atoms with van der Waals surface area (Å²) < 4.78 is 3.24. The van der Waals surface area contributed by atoms with Crippen LogP contribution in [0.15, 0.2) is 35.5 Å². The Balaban J connectivity index is 2.40. The number of nitrogens with two attached hydrogens (primary N) is 1. The van der Waals surface area contributed by atoms with Gasteiger partial charge in [-0.25, -0.2) is 9.50 Å². The first-order valence-electron chi connectivity index (χ1n) is 5.33. The fourth-order valence-electron chi connectivity index (χ4n) is 1.91. The Morgan fingerprint density at radius 3 is 3.06 bits per heavy atom. The third kappa shape index (κ3) is 1.42. The Labute approximate surface area is 96.3 Å². The highest BCUT2D eigenvalue weighted by molar-refractivity contribution is 5.78. The van der Waals surface area contributed by atoms with Crippen LogP contribution in [0.25, 0.3) is 16.6 Å². The van der Waals surface area contributed by atoms with Crippen molar-refractivity contribution in [1.29, 1.82) is 0 Å². The van der Waals surface area contributed by atoms with Crippen LogP contribution in [0.1, 0.15) is 0 Å². The van der Waals surface area contributed by atoms with Gasteiger partial charge in [-0.2, -0.15) is 5.10 Å². The van der Waals surface area contributed by atoms with E-state index in [2.05, 4.69) is 10.1 Å². The predicted octanol–water partition coefficient (Wildman–Crippen LogP) is 0.00290. The second-order valence-electron chi connectivity index (χ2n) is 3.76. The summed E-state index contributed by atoms with van der Waals surface area (Å²) in [6.07, 6.45) is 4.98. The minimum absolute atomic E-state index is 0.0853. The highest BCUT2D eigenvalue weighted by atomic mass is 16.1. The molecule has 17 heavy (non-hydrogen) atoms. The van der Waals surface area contributed by atoms with Gasteiger partial charge in [0.1, 0.15) is 0 Å². The van der Waals surface area contributed by atoms with E-state index < -0.39 is 0 Å². The normalized spacial score (nSPS) is 11.4. The quantitative estimate of drug-likeness (QED) is 0.671. The molecule has 3 rings (SSSR count). The summed E-state index contributed by atoms with van der Waals surface area (Å²) >= 11 is 0. The summed E-state index contributed by atoms with van der Waals surface area (Å²) in [6, 6.07) is 3.65. The zero-order chi connectivity index (χ0) is 11.8. The highest BCUT2D eigenvalue weighted by Gasteiger charge is 2.06. The molecule has 86 valence electrons. The van der Waals surface area contributed by atoms with Crippen LogP contribution in [0, 0.1) is 0 Å². The topological polar surface area (TPSA) is 78.2 Å². The minimum atomic E-state index is -0.0853. The summed E-state index contributed by atoms with van der Waals surface area (Å²) in [7, 11) is 0. The molecular formula is C11H11N5O. The first-order chi connectivity index (χ1) is 8.31. The lowest BCUT2D eigenvalue weighted by Crippen LogP contribution is -2.24. The maximum atomic E-state index is 12.1. The Bertz CT molecular complexity index is 742. The van der Waals surface area contributed by atoms with Crippen molar-refractivity contribution in [3.05, 3.63) is 41.1 Å². The summed E-state index contributed by atoms with van der Waals surface area (Å²) in [5, 5.41) is 4.70. The van der Waals surface area contributed by atoms with Gasteiger partial charge in [0.15, 0.2) is 5.65 Å². The van der Waals surface area contributed by atoms with Gasteiger partial charge in [-0.15, -0.1) is 0 Å². The maximum Gasteiger partial charge on any atom is 0.261 e. The van der Waals surface area contributed by atoms with E-state index in [0.717, 1.165) is 11.2 Å². The third-order valence-electron chi connectivity index (χ3n) is 2.73. The van der Waals surface area contributed by atoms with Crippen LogP contribution in [0.2, 0.25) is 0 Å². The number of aromatic nitrogens is 4. The number of nitrogens with zero attached hydrogens (tertiary/aromatic N) is 4. The lowest BCUT2D eigenvalue weighted by Gasteiger charge is -2.06. The fourth-order valence-corrected chi connectivity index (χ4v) is 1.91. The summed E-state index contributed by atoms with van der Waals surface area (Å²) in [6.45, 7) is 0.939. The largest absolute Gasteiger partial charge is 0.329 e. The zero-order valence-corrected chi connectivity index (χ0v) is 9.08. The Morgan fingerprint density at radius 1 is 1.35 bits per heavy atom. The molecule has 0 aliphatic heterocycles. The first-order valence-corrected chi connectivity index (χ1v) is 5.33. The van der Waals surface area contributed by atoms with Gasteiger partial charge in [-0.1, -0.05) is 0 Å². The van der Waals surface area contributed by atoms with Crippen LogP contribution >= 0.6 is 0 Å². The molecule has 6 nitrogen and oxygen atoms in total. The average Bonchev–Trinajstić information content (AvgIpc) is 2.81. The number of hydrogen-bond acceptors (Lipinski definition) is 4. The Morgan fingerprint density at radius 2 is 2.24 bits per heavy atom. The number of fused-ring (bicyclic) bond motifs is 3. The van der Waals surface area contributed by atoms with Crippen LogP contribution in [0.4, 0.5) is 0 Å². The van der Waals surface area contributed by atoms with E-state index in [1.54, 1.807) is 33.7 Å². The van der Waals surface area contributed by atoms with E-state index in [9.17, 15) is 4.79 Å². The van der Waals surface area contributed by atoms with Crippen molar-refractivity contribution in [2.24, 2.45) is 5.73 Å². The molecule has 3 aromatic heterocycles. The lowest BCUT2D eigenvalue weighted by molar-refractivity contribution is 0.685. The van der Waals surface area contributed by atoms with E-state index >= 15 is 0 Å². The van der Waals surface area contributed by atoms with E-state index in [1.807, 2.05) is 6.07 Å². The number of pyridine rings is 1. The van der Waals surface area contributed by atoms with Crippen molar-refractivity contribution < 1.29 is 0 Å². The molecule has 0 bridgehead atoms. The average molecular weight is 229 g/mol. The minimum Gasteiger partial charge on any atom is -0.329 e. The van der Waals surface area contributed by atoms with E-state index in [0.29, 0.717) is 18.5 Å².